The summed E-state index contributed by atoms with van der Waals surface area (Å²) in [6.45, 7) is 0. The normalized spacial score (nSPS) is 13.8. The third kappa shape index (κ3) is 3.92. The van der Waals surface area contributed by atoms with Crippen LogP contribution in [0.5, 0.6) is 5.88 Å². The number of amides is 1. The first-order valence-corrected chi connectivity index (χ1v) is 13.0. The van der Waals surface area contributed by atoms with Crippen LogP contribution in [0, 0.1) is 0 Å². The van der Waals surface area contributed by atoms with E-state index in [9.17, 15) is 18.3 Å². The number of thiazole rings is 1. The molecule has 3 N–H and O–H groups in total. The average molecular weight is 555 g/mol. The minimum atomic E-state index is -3.83. The summed E-state index contributed by atoms with van der Waals surface area (Å²) in [5, 5.41) is 17.6. The second kappa shape index (κ2) is 8.44. The number of benzene rings is 3. The molecular weight excluding hydrogens is 540 g/mol. The third-order valence-corrected chi connectivity index (χ3v) is 7.73. The van der Waals surface area contributed by atoms with Gasteiger partial charge in [0, 0.05) is 9.69 Å². The Labute approximate surface area is 205 Å². The number of aromatic nitrogens is 1. The molecule has 5 rings (SSSR count). The maximum Gasteiger partial charge on any atom is 0.279 e. The van der Waals surface area contributed by atoms with E-state index in [1.54, 1.807) is 30.3 Å². The molecule has 0 spiro atoms. The Hall–Kier alpha value is -3.38. The number of primary sulfonamides is 1. The number of fused-ring (bicyclic) bond motifs is 1. The molecule has 2 heterocycles. The smallest absolute Gasteiger partial charge is 0.279 e. The topological polar surface area (TPSA) is 127 Å². The van der Waals surface area contributed by atoms with Gasteiger partial charge in [-0.3, -0.25) is 9.36 Å². The predicted molar refractivity (Wildman–Crippen MR) is 131 cm³/mol. The summed E-state index contributed by atoms with van der Waals surface area (Å²) in [6, 6.07) is 20.2. The molecule has 3 aromatic carbocycles. The van der Waals surface area contributed by atoms with Gasteiger partial charge < -0.3 is 5.11 Å². The number of carbonyl (C=O) groups is 1. The fourth-order valence-electron chi connectivity index (χ4n) is 3.56. The second-order valence-electron chi connectivity index (χ2n) is 7.29. The van der Waals surface area contributed by atoms with Crippen LogP contribution in [0.3, 0.4) is 0 Å². The summed E-state index contributed by atoms with van der Waals surface area (Å²) < 4.78 is 25.3. The molecule has 8 nitrogen and oxygen atoms in total. The van der Waals surface area contributed by atoms with Gasteiger partial charge in [-0.05, 0) is 58.4 Å². The molecule has 0 aliphatic carbocycles. The standard InChI is InChI=1S/C23H15BrN4O4S2/c24-17-8-4-7-16-18(21(29)27-19(16)17)20-22(30)28(14-5-2-1-3-6-14)23(33-20)26-13-9-11-15(12-10-13)34(25,31)32/h1-12,30H,(H2,25,31,32). The van der Waals surface area contributed by atoms with Crippen molar-refractivity contribution in [3.63, 3.8) is 0 Å². The van der Waals surface area contributed by atoms with Crippen molar-refractivity contribution in [2.24, 2.45) is 15.1 Å². The highest BCUT2D eigenvalue weighted by Crippen LogP contribution is 2.31. The second-order valence-corrected chi connectivity index (χ2v) is 10.7. The number of carbonyl (C=O) groups excluding carboxylic acids is 1. The molecular formula is C23H15BrN4O4S2. The number of aromatic hydroxyl groups is 1. The lowest BCUT2D eigenvalue weighted by molar-refractivity contribution is -0.112. The minimum Gasteiger partial charge on any atom is -0.493 e. The van der Waals surface area contributed by atoms with Gasteiger partial charge in [-0.1, -0.05) is 41.7 Å². The third-order valence-electron chi connectivity index (χ3n) is 5.11. The molecule has 1 aliphatic heterocycles. The van der Waals surface area contributed by atoms with Gasteiger partial charge in [0.05, 0.1) is 27.2 Å². The fourth-order valence-corrected chi connectivity index (χ4v) is 5.63. The highest BCUT2D eigenvalue weighted by molar-refractivity contribution is 9.10. The van der Waals surface area contributed by atoms with E-state index in [0.29, 0.717) is 36.1 Å². The molecule has 0 atom stereocenters. The summed E-state index contributed by atoms with van der Waals surface area (Å²) in [4.78, 5) is 22.3. The molecule has 11 heteroatoms. The summed E-state index contributed by atoms with van der Waals surface area (Å²) >= 11 is 4.55. The molecule has 1 aliphatic rings. The maximum absolute atomic E-state index is 12.8. The molecule has 34 heavy (non-hydrogen) atoms. The van der Waals surface area contributed by atoms with E-state index in [4.69, 9.17) is 5.14 Å². The number of hydrogen-bond acceptors (Lipinski definition) is 6. The van der Waals surface area contributed by atoms with Gasteiger partial charge in [-0.2, -0.15) is 0 Å². The zero-order valence-corrected chi connectivity index (χ0v) is 20.4. The van der Waals surface area contributed by atoms with Crippen LogP contribution in [-0.4, -0.2) is 24.0 Å². The van der Waals surface area contributed by atoms with E-state index >= 15 is 0 Å². The van der Waals surface area contributed by atoms with Crippen LogP contribution in [0.2, 0.25) is 0 Å². The van der Waals surface area contributed by atoms with E-state index in [2.05, 4.69) is 25.9 Å². The molecule has 1 amide bonds. The fraction of sp³-hybridized carbons (Fsp3) is 0. The lowest BCUT2D eigenvalue weighted by Gasteiger charge is -2.05. The van der Waals surface area contributed by atoms with Crippen LogP contribution >= 0.6 is 27.3 Å². The van der Waals surface area contributed by atoms with Crippen LogP contribution in [0.4, 0.5) is 5.69 Å². The van der Waals surface area contributed by atoms with Crippen molar-refractivity contribution >= 4 is 54.5 Å². The molecule has 0 unspecified atom stereocenters. The highest BCUT2D eigenvalue weighted by Gasteiger charge is 2.26. The SMILES string of the molecule is NS(=O)(=O)c1ccc(N=c2sc(C3=c4cccc(Br)c4=NC3=O)c(O)n2-c2ccccc2)cc1. The Kier molecular flexibility index (Phi) is 5.56. The Balaban J connectivity index is 1.78. The molecule has 0 bridgehead atoms. The van der Waals surface area contributed by atoms with Crippen molar-refractivity contribution in [1.29, 1.82) is 0 Å². The number of rotatable bonds is 4. The van der Waals surface area contributed by atoms with Crippen molar-refractivity contribution < 1.29 is 18.3 Å². The maximum atomic E-state index is 12.8. The quantitative estimate of drug-likeness (QED) is 0.401. The van der Waals surface area contributed by atoms with Gasteiger partial charge in [0.15, 0.2) is 4.80 Å². The van der Waals surface area contributed by atoms with Gasteiger partial charge >= 0.3 is 0 Å². The number of nitrogens with two attached hydrogens (primary N) is 1. The van der Waals surface area contributed by atoms with Crippen LogP contribution in [0.25, 0.3) is 11.3 Å². The van der Waals surface area contributed by atoms with Gasteiger partial charge in [-0.15, -0.1) is 0 Å². The lowest BCUT2D eigenvalue weighted by atomic mass is 10.1. The van der Waals surface area contributed by atoms with Crippen molar-refractivity contribution in [3.05, 3.63) is 97.5 Å². The number of nitrogens with zero attached hydrogens (tertiary/aromatic N) is 3. The monoisotopic (exact) mass is 554 g/mol. The van der Waals surface area contributed by atoms with Crippen LogP contribution in [0.1, 0.15) is 4.88 Å². The number of sulfonamides is 1. The van der Waals surface area contributed by atoms with Gasteiger partial charge in [0.25, 0.3) is 5.91 Å². The van der Waals surface area contributed by atoms with E-state index in [0.717, 1.165) is 11.3 Å². The predicted octanol–water partition coefficient (Wildman–Crippen LogP) is 2.25. The first-order valence-electron chi connectivity index (χ1n) is 9.84. The lowest BCUT2D eigenvalue weighted by Crippen LogP contribution is -2.24. The zero-order chi connectivity index (χ0) is 24.0. The first-order chi connectivity index (χ1) is 16.2. The van der Waals surface area contributed by atoms with Crippen molar-refractivity contribution in [1.82, 2.24) is 4.57 Å². The Bertz CT molecular complexity index is 1760. The summed E-state index contributed by atoms with van der Waals surface area (Å²) in [5.74, 6) is -0.606. The van der Waals surface area contributed by atoms with Gasteiger partial charge in [0.1, 0.15) is 4.88 Å². The Morgan fingerprint density at radius 1 is 1.00 bits per heavy atom. The zero-order valence-electron chi connectivity index (χ0n) is 17.2. The molecule has 0 fully saturated rings. The van der Waals surface area contributed by atoms with E-state index in [-0.39, 0.29) is 16.3 Å². The average Bonchev–Trinajstić information content (AvgIpc) is 3.30. The molecule has 170 valence electrons. The molecule has 0 radical (unpaired) electrons. The highest BCUT2D eigenvalue weighted by atomic mass is 79.9. The van der Waals surface area contributed by atoms with E-state index in [1.807, 2.05) is 18.2 Å². The van der Waals surface area contributed by atoms with Crippen LogP contribution in [-0.2, 0) is 14.8 Å². The number of halogens is 1. The molecule has 1 aromatic heterocycles. The van der Waals surface area contributed by atoms with Crippen LogP contribution in [0.15, 0.2) is 92.1 Å². The number of para-hydroxylation sites is 2. The van der Waals surface area contributed by atoms with Gasteiger partial charge in [-0.25, -0.2) is 23.5 Å². The molecule has 0 saturated carbocycles. The summed E-state index contributed by atoms with van der Waals surface area (Å²) in [5.41, 5.74) is 1.37. The van der Waals surface area contributed by atoms with Gasteiger partial charge in [0.2, 0.25) is 15.9 Å². The van der Waals surface area contributed by atoms with Crippen LogP contribution < -0.4 is 20.5 Å². The van der Waals surface area contributed by atoms with Crippen molar-refractivity contribution in [3.8, 4) is 11.6 Å². The Morgan fingerprint density at radius 3 is 2.38 bits per heavy atom. The van der Waals surface area contributed by atoms with E-state index in [1.165, 1.54) is 28.8 Å². The van der Waals surface area contributed by atoms with Crippen molar-refractivity contribution in [2.45, 2.75) is 4.90 Å². The van der Waals surface area contributed by atoms with E-state index < -0.39 is 15.9 Å². The minimum absolute atomic E-state index is 0.0343. The largest absolute Gasteiger partial charge is 0.493 e. The molecule has 0 saturated heterocycles. The van der Waals surface area contributed by atoms with Crippen molar-refractivity contribution in [2.75, 3.05) is 0 Å². The first kappa shape index (κ1) is 22.4. The summed E-state index contributed by atoms with van der Waals surface area (Å²) in [7, 11) is -3.83. The summed E-state index contributed by atoms with van der Waals surface area (Å²) in [6.07, 6.45) is 0. The number of hydrogen-bond donors (Lipinski definition) is 2. The Morgan fingerprint density at radius 2 is 1.71 bits per heavy atom. The molecule has 4 aromatic rings.